The van der Waals surface area contributed by atoms with Gasteiger partial charge >= 0.3 is 0 Å². The number of amides is 2. The quantitative estimate of drug-likeness (QED) is 0.326. The van der Waals surface area contributed by atoms with Crippen molar-refractivity contribution in [1.29, 1.82) is 0 Å². The Balaban J connectivity index is 1.82. The van der Waals surface area contributed by atoms with Gasteiger partial charge in [0.25, 0.3) is 5.91 Å². The molecule has 35 heavy (non-hydrogen) atoms. The first-order valence-electron chi connectivity index (χ1n) is 10.3. The summed E-state index contributed by atoms with van der Waals surface area (Å²) in [5.74, 6) is -1.98. The molecule has 0 aliphatic heterocycles. The molecule has 0 aliphatic rings. The summed E-state index contributed by atoms with van der Waals surface area (Å²) >= 11 is 18.1. The van der Waals surface area contributed by atoms with Crippen LogP contribution in [-0.2, 0) is 14.6 Å². The third kappa shape index (κ3) is 6.08. The molecule has 3 aromatic carbocycles. The summed E-state index contributed by atoms with van der Waals surface area (Å²) in [4.78, 5) is 25.5. The van der Waals surface area contributed by atoms with Gasteiger partial charge in [-0.3, -0.25) is 9.59 Å². The summed E-state index contributed by atoms with van der Waals surface area (Å²) in [6, 6.07) is 13.0. The molecule has 1 atom stereocenters. The van der Waals surface area contributed by atoms with E-state index in [4.69, 9.17) is 34.8 Å². The second-order valence-electron chi connectivity index (χ2n) is 7.68. The molecule has 1 unspecified atom stereocenters. The van der Waals surface area contributed by atoms with Crippen LogP contribution in [0.2, 0.25) is 15.1 Å². The predicted octanol–water partition coefficient (Wildman–Crippen LogP) is 6.10. The van der Waals surface area contributed by atoms with Gasteiger partial charge in [-0.25, -0.2) is 8.42 Å². The van der Waals surface area contributed by atoms with Crippen molar-refractivity contribution in [3.63, 3.8) is 0 Å². The van der Waals surface area contributed by atoms with Crippen molar-refractivity contribution in [3.05, 3.63) is 80.8 Å². The van der Waals surface area contributed by atoms with Gasteiger partial charge in [0.1, 0.15) is 11.0 Å². The zero-order chi connectivity index (χ0) is 25.9. The first-order chi connectivity index (χ1) is 16.4. The lowest BCUT2D eigenvalue weighted by atomic mass is 10.1. The molecule has 0 heterocycles. The first kappa shape index (κ1) is 26.8. The van der Waals surface area contributed by atoms with Gasteiger partial charge in [0, 0.05) is 11.8 Å². The highest BCUT2D eigenvalue weighted by molar-refractivity contribution is 7.92. The summed E-state index contributed by atoms with van der Waals surface area (Å²) in [6.07, 6.45) is 0.00977. The predicted molar refractivity (Wildman–Crippen MR) is 139 cm³/mol. The van der Waals surface area contributed by atoms with Crippen LogP contribution < -0.4 is 10.6 Å². The molecule has 3 aromatic rings. The molecule has 0 spiro atoms. The minimum Gasteiger partial charge on any atom is -0.507 e. The number of hydrogen-bond donors (Lipinski definition) is 3. The summed E-state index contributed by atoms with van der Waals surface area (Å²) in [5.41, 5.74) is 0.866. The Morgan fingerprint density at radius 1 is 0.943 bits per heavy atom. The molecular weight excluding hydrogens is 535 g/mol. The van der Waals surface area contributed by atoms with E-state index in [0.717, 1.165) is 17.7 Å². The van der Waals surface area contributed by atoms with Crippen LogP contribution in [0.15, 0.2) is 59.5 Å². The molecule has 11 heteroatoms. The Labute approximate surface area is 217 Å². The number of phenols is 1. The molecule has 3 N–H and O–H groups in total. The number of hydrogen-bond acceptors (Lipinski definition) is 5. The fourth-order valence-electron chi connectivity index (χ4n) is 3.33. The van der Waals surface area contributed by atoms with Gasteiger partial charge in [-0.15, -0.1) is 0 Å². The highest BCUT2D eigenvalue weighted by atomic mass is 35.5. The molecular formula is C24H21Cl3N2O5S. The van der Waals surface area contributed by atoms with E-state index in [2.05, 4.69) is 10.6 Å². The summed E-state index contributed by atoms with van der Waals surface area (Å²) < 4.78 is 26.1. The van der Waals surface area contributed by atoms with E-state index in [0.29, 0.717) is 10.7 Å². The van der Waals surface area contributed by atoms with Crippen LogP contribution in [0.1, 0.15) is 29.3 Å². The number of nitrogens with one attached hydrogen (secondary N) is 2. The Hall–Kier alpha value is -2.78. The second-order valence-corrected chi connectivity index (χ2v) is 11.0. The molecule has 0 aromatic heterocycles. The highest BCUT2D eigenvalue weighted by Gasteiger charge is 2.33. The van der Waals surface area contributed by atoms with E-state index >= 15 is 0 Å². The molecule has 184 valence electrons. The molecule has 0 radical (unpaired) electrons. The van der Waals surface area contributed by atoms with Gasteiger partial charge in [-0.05, 0) is 55.3 Å². The number of sulfone groups is 1. The van der Waals surface area contributed by atoms with Gasteiger partial charge in [0.15, 0.2) is 9.84 Å². The van der Waals surface area contributed by atoms with Gasteiger partial charge in [0.05, 0.1) is 31.2 Å². The third-order valence-electron chi connectivity index (χ3n) is 5.12. The van der Waals surface area contributed by atoms with E-state index < -0.39 is 32.7 Å². The van der Waals surface area contributed by atoms with Crippen molar-refractivity contribution in [1.82, 2.24) is 0 Å². The number of phenolic OH excluding ortho intramolecular Hbond substituents is 1. The minimum absolute atomic E-state index is 0.00977. The molecule has 0 saturated carbocycles. The number of carbonyl (C=O) groups excluding carboxylic acids is 2. The van der Waals surface area contributed by atoms with Crippen molar-refractivity contribution >= 4 is 67.8 Å². The number of rotatable bonds is 7. The van der Waals surface area contributed by atoms with Crippen LogP contribution in [0, 0.1) is 6.92 Å². The Morgan fingerprint density at radius 3 is 2.29 bits per heavy atom. The SMILES string of the molecule is CCC(C(=O)Nc1cc(O)c(C(=O)Nc2ccc(Cl)c(Cl)c2)cc1Cl)S(=O)(=O)c1cccc(C)c1. The summed E-state index contributed by atoms with van der Waals surface area (Å²) in [6.45, 7) is 3.33. The van der Waals surface area contributed by atoms with Crippen LogP contribution in [0.3, 0.4) is 0 Å². The van der Waals surface area contributed by atoms with Crippen molar-refractivity contribution < 1.29 is 23.1 Å². The Morgan fingerprint density at radius 2 is 1.66 bits per heavy atom. The largest absolute Gasteiger partial charge is 0.507 e. The van der Waals surface area contributed by atoms with E-state index in [1.807, 2.05) is 0 Å². The summed E-state index contributed by atoms with van der Waals surface area (Å²) in [5, 5.41) is 14.5. The molecule has 0 fully saturated rings. The number of benzene rings is 3. The molecule has 3 rings (SSSR count). The lowest BCUT2D eigenvalue weighted by Gasteiger charge is -2.17. The standard InChI is InChI=1S/C24H21Cl3N2O5S/c1-3-22(35(33,34)15-6-4-5-13(2)9-15)24(32)29-20-12-21(30)16(11-19(20)27)23(31)28-14-7-8-17(25)18(26)10-14/h4-12,22,30H,3H2,1-2H3,(H,28,31)(H,29,32). The number of halogens is 3. The molecule has 7 nitrogen and oxygen atoms in total. The zero-order valence-electron chi connectivity index (χ0n) is 18.6. The average Bonchev–Trinajstić information content (AvgIpc) is 2.78. The van der Waals surface area contributed by atoms with E-state index in [1.165, 1.54) is 30.3 Å². The number of carbonyl (C=O) groups is 2. The molecule has 2 amide bonds. The molecule has 0 aliphatic carbocycles. The van der Waals surface area contributed by atoms with Gasteiger partial charge in [-0.1, -0.05) is 53.9 Å². The number of aromatic hydroxyl groups is 1. The lowest BCUT2D eigenvalue weighted by molar-refractivity contribution is -0.115. The maximum Gasteiger partial charge on any atom is 0.259 e. The topological polar surface area (TPSA) is 113 Å². The maximum atomic E-state index is 13.0. The van der Waals surface area contributed by atoms with E-state index in [9.17, 15) is 23.1 Å². The van der Waals surface area contributed by atoms with Crippen molar-refractivity contribution in [2.45, 2.75) is 30.4 Å². The third-order valence-corrected chi connectivity index (χ3v) is 8.38. The normalized spacial score (nSPS) is 12.1. The van der Waals surface area contributed by atoms with Gasteiger partial charge in [0.2, 0.25) is 5.91 Å². The Bertz CT molecular complexity index is 1410. The number of aryl methyl sites for hydroxylation is 1. The van der Waals surface area contributed by atoms with Gasteiger partial charge < -0.3 is 15.7 Å². The monoisotopic (exact) mass is 554 g/mol. The van der Waals surface area contributed by atoms with Crippen molar-refractivity contribution in [2.75, 3.05) is 10.6 Å². The van der Waals surface area contributed by atoms with Gasteiger partial charge in [-0.2, -0.15) is 0 Å². The lowest BCUT2D eigenvalue weighted by Crippen LogP contribution is -2.34. The van der Waals surface area contributed by atoms with E-state index in [-0.39, 0.29) is 32.6 Å². The molecule has 0 saturated heterocycles. The van der Waals surface area contributed by atoms with Crippen LogP contribution in [0.5, 0.6) is 5.75 Å². The van der Waals surface area contributed by atoms with Crippen LogP contribution in [0.4, 0.5) is 11.4 Å². The fraction of sp³-hybridized carbons (Fsp3) is 0.167. The molecule has 0 bridgehead atoms. The van der Waals surface area contributed by atoms with Crippen LogP contribution in [0.25, 0.3) is 0 Å². The van der Waals surface area contributed by atoms with E-state index in [1.54, 1.807) is 26.0 Å². The summed E-state index contributed by atoms with van der Waals surface area (Å²) in [7, 11) is -3.98. The highest BCUT2D eigenvalue weighted by Crippen LogP contribution is 2.32. The maximum absolute atomic E-state index is 13.0. The second kappa shape index (κ2) is 10.9. The smallest absolute Gasteiger partial charge is 0.259 e. The van der Waals surface area contributed by atoms with Crippen LogP contribution in [-0.4, -0.2) is 30.6 Å². The average molecular weight is 556 g/mol. The number of anilines is 2. The zero-order valence-corrected chi connectivity index (χ0v) is 21.7. The van der Waals surface area contributed by atoms with Crippen molar-refractivity contribution in [3.8, 4) is 5.75 Å². The first-order valence-corrected chi connectivity index (χ1v) is 13.0. The fourth-order valence-corrected chi connectivity index (χ4v) is 5.56. The van der Waals surface area contributed by atoms with Crippen molar-refractivity contribution in [2.24, 2.45) is 0 Å². The van der Waals surface area contributed by atoms with Crippen LogP contribution >= 0.6 is 34.8 Å². The minimum atomic E-state index is -3.98. The Kier molecular flexibility index (Phi) is 8.33.